The smallest absolute Gasteiger partial charge is 0.267 e. The Hall–Kier alpha value is -2.41. The highest BCUT2D eigenvalue weighted by molar-refractivity contribution is 7.71. The topological polar surface area (TPSA) is 68.8 Å². The Labute approximate surface area is 152 Å². The summed E-state index contributed by atoms with van der Waals surface area (Å²) in [4.78, 5) is 17.3. The minimum Gasteiger partial charge on any atom is -0.494 e. The monoisotopic (exact) mass is 361 g/mol. The third kappa shape index (κ3) is 3.66. The molecule has 0 atom stereocenters. The molecule has 0 aliphatic carbocycles. The van der Waals surface area contributed by atoms with Crippen LogP contribution in [-0.4, -0.2) is 26.6 Å². The molecule has 2 rings (SSSR count). The van der Waals surface area contributed by atoms with Crippen molar-refractivity contribution >= 4 is 23.6 Å². The van der Waals surface area contributed by atoms with E-state index < -0.39 is 0 Å². The number of aromatic hydroxyl groups is 1. The zero-order chi connectivity index (χ0) is 18.6. The normalized spacial score (nSPS) is 11.6. The lowest BCUT2D eigenvalue weighted by Crippen LogP contribution is -2.29. The van der Waals surface area contributed by atoms with Gasteiger partial charge in [-0.25, -0.2) is 4.99 Å². The zero-order valence-electron chi connectivity index (χ0n) is 14.9. The molecule has 0 saturated heterocycles. The summed E-state index contributed by atoms with van der Waals surface area (Å²) in [7, 11) is 0. The van der Waals surface area contributed by atoms with E-state index in [1.165, 1.54) is 9.13 Å². The average molecular weight is 361 g/mol. The quantitative estimate of drug-likeness (QED) is 0.630. The number of aromatic nitrogens is 2. The summed E-state index contributed by atoms with van der Waals surface area (Å²) in [6, 6.07) is 7.33. The van der Waals surface area contributed by atoms with Crippen LogP contribution in [0.15, 0.2) is 34.1 Å². The SMILES string of the molecule is CCOc1ccccc1N=C(C)c1c(O)n(CC)c(=S)n(CC)c1=O. The van der Waals surface area contributed by atoms with Gasteiger partial charge >= 0.3 is 0 Å². The second-order valence-electron chi connectivity index (χ2n) is 5.37. The summed E-state index contributed by atoms with van der Waals surface area (Å²) in [5.41, 5.74) is 0.830. The van der Waals surface area contributed by atoms with Gasteiger partial charge in [-0.05, 0) is 52.0 Å². The predicted octanol–water partition coefficient (Wildman–Crippen LogP) is 3.66. The molecule has 2 aromatic rings. The van der Waals surface area contributed by atoms with Crippen LogP contribution < -0.4 is 10.3 Å². The first kappa shape index (κ1) is 18.9. The fraction of sp³-hybridized carbons (Fsp3) is 0.389. The zero-order valence-corrected chi connectivity index (χ0v) is 15.8. The summed E-state index contributed by atoms with van der Waals surface area (Å²) in [6.07, 6.45) is 0. The standard InChI is InChI=1S/C18H23N3O3S/c1-5-20-16(22)15(17(23)21(6-2)18(20)25)12(4)19-13-10-8-9-11-14(13)24-7-3/h8-11,22H,5-7H2,1-4H3. The first-order valence-corrected chi connectivity index (χ1v) is 8.71. The van der Waals surface area contributed by atoms with E-state index in [1.54, 1.807) is 13.0 Å². The largest absolute Gasteiger partial charge is 0.494 e. The Morgan fingerprint density at radius 3 is 2.44 bits per heavy atom. The van der Waals surface area contributed by atoms with Crippen LogP contribution in [0.2, 0.25) is 0 Å². The summed E-state index contributed by atoms with van der Waals surface area (Å²) >= 11 is 5.30. The third-order valence-corrected chi connectivity index (χ3v) is 4.29. The van der Waals surface area contributed by atoms with Crippen molar-refractivity contribution in [1.82, 2.24) is 9.13 Å². The first-order chi connectivity index (χ1) is 12.0. The fourth-order valence-corrected chi connectivity index (χ4v) is 3.06. The van der Waals surface area contributed by atoms with Crippen LogP contribution >= 0.6 is 12.2 Å². The summed E-state index contributed by atoms with van der Waals surface area (Å²) in [6.45, 7) is 8.69. The van der Waals surface area contributed by atoms with Crippen molar-refractivity contribution in [2.75, 3.05) is 6.61 Å². The lowest BCUT2D eigenvalue weighted by Gasteiger charge is -2.15. The van der Waals surface area contributed by atoms with E-state index in [-0.39, 0.29) is 17.0 Å². The number of nitrogens with zero attached hydrogens (tertiary/aromatic N) is 3. The average Bonchev–Trinajstić information content (AvgIpc) is 2.57. The van der Waals surface area contributed by atoms with E-state index in [4.69, 9.17) is 17.0 Å². The summed E-state index contributed by atoms with van der Waals surface area (Å²) < 4.78 is 8.86. The number of hydrogen-bond donors (Lipinski definition) is 1. The second kappa shape index (κ2) is 8.11. The fourth-order valence-electron chi connectivity index (χ4n) is 2.63. The predicted molar refractivity (Wildman–Crippen MR) is 102 cm³/mol. The van der Waals surface area contributed by atoms with Crippen LogP contribution in [0, 0.1) is 4.77 Å². The van der Waals surface area contributed by atoms with Gasteiger partial charge in [-0.2, -0.15) is 0 Å². The maximum atomic E-state index is 12.8. The molecule has 0 aliphatic rings. The molecule has 0 amide bonds. The van der Waals surface area contributed by atoms with Crippen LogP contribution in [0.1, 0.15) is 33.3 Å². The molecule has 0 unspecified atom stereocenters. The molecule has 0 fully saturated rings. The summed E-state index contributed by atoms with van der Waals surface area (Å²) in [5.74, 6) is 0.472. The Morgan fingerprint density at radius 2 is 1.84 bits per heavy atom. The molecule has 25 heavy (non-hydrogen) atoms. The lowest BCUT2D eigenvalue weighted by molar-refractivity contribution is 0.341. The molecule has 0 spiro atoms. The molecule has 0 saturated carbocycles. The van der Waals surface area contributed by atoms with Gasteiger partial charge in [0.15, 0.2) is 4.77 Å². The van der Waals surface area contributed by atoms with Crippen molar-refractivity contribution in [3.63, 3.8) is 0 Å². The van der Waals surface area contributed by atoms with Gasteiger partial charge in [-0.1, -0.05) is 12.1 Å². The van der Waals surface area contributed by atoms with E-state index >= 15 is 0 Å². The van der Waals surface area contributed by atoms with E-state index in [0.717, 1.165) is 0 Å². The maximum absolute atomic E-state index is 12.8. The molecular weight excluding hydrogens is 338 g/mol. The number of hydrogen-bond acceptors (Lipinski definition) is 5. The van der Waals surface area contributed by atoms with Crippen LogP contribution in [0.3, 0.4) is 0 Å². The van der Waals surface area contributed by atoms with E-state index in [2.05, 4.69) is 4.99 Å². The van der Waals surface area contributed by atoms with E-state index in [0.29, 0.717) is 41.6 Å². The van der Waals surface area contributed by atoms with Gasteiger partial charge in [0, 0.05) is 13.1 Å². The highest BCUT2D eigenvalue weighted by Crippen LogP contribution is 2.28. The second-order valence-corrected chi connectivity index (χ2v) is 5.74. The molecule has 134 valence electrons. The van der Waals surface area contributed by atoms with Crippen LogP contribution in [0.5, 0.6) is 11.6 Å². The Bertz CT molecular complexity index is 913. The molecule has 0 bridgehead atoms. The Balaban J connectivity index is 2.70. The van der Waals surface area contributed by atoms with Crippen molar-refractivity contribution in [2.24, 2.45) is 4.99 Å². The van der Waals surface area contributed by atoms with Gasteiger partial charge in [0.05, 0.1) is 12.3 Å². The van der Waals surface area contributed by atoms with Crippen molar-refractivity contribution in [3.8, 4) is 11.6 Å². The summed E-state index contributed by atoms with van der Waals surface area (Å²) in [5, 5.41) is 10.6. The van der Waals surface area contributed by atoms with Gasteiger partial charge in [-0.3, -0.25) is 13.9 Å². The van der Waals surface area contributed by atoms with Crippen molar-refractivity contribution in [3.05, 3.63) is 45.0 Å². The lowest BCUT2D eigenvalue weighted by atomic mass is 10.2. The Kier molecular flexibility index (Phi) is 6.14. The Morgan fingerprint density at radius 1 is 1.20 bits per heavy atom. The number of ether oxygens (including phenoxy) is 1. The highest BCUT2D eigenvalue weighted by atomic mass is 32.1. The molecule has 1 N–H and O–H groups in total. The van der Waals surface area contributed by atoms with Gasteiger partial charge < -0.3 is 9.84 Å². The van der Waals surface area contributed by atoms with E-state index in [1.807, 2.05) is 39.0 Å². The van der Waals surface area contributed by atoms with E-state index in [9.17, 15) is 9.90 Å². The number of rotatable bonds is 6. The van der Waals surface area contributed by atoms with Gasteiger partial charge in [0.1, 0.15) is 17.0 Å². The molecule has 1 aromatic heterocycles. The van der Waals surface area contributed by atoms with Gasteiger partial charge in [-0.15, -0.1) is 0 Å². The van der Waals surface area contributed by atoms with Crippen LogP contribution in [-0.2, 0) is 13.1 Å². The molecular formula is C18H23N3O3S. The number of para-hydroxylation sites is 2. The van der Waals surface area contributed by atoms with Crippen LogP contribution in [0.25, 0.3) is 0 Å². The van der Waals surface area contributed by atoms with Crippen molar-refractivity contribution in [1.29, 1.82) is 0 Å². The molecule has 1 aromatic carbocycles. The van der Waals surface area contributed by atoms with Gasteiger partial charge in [0.25, 0.3) is 5.56 Å². The molecule has 6 nitrogen and oxygen atoms in total. The van der Waals surface area contributed by atoms with Crippen molar-refractivity contribution < 1.29 is 9.84 Å². The number of benzene rings is 1. The van der Waals surface area contributed by atoms with Gasteiger partial charge in [0.2, 0.25) is 5.88 Å². The first-order valence-electron chi connectivity index (χ1n) is 8.30. The maximum Gasteiger partial charge on any atom is 0.267 e. The molecule has 7 heteroatoms. The molecule has 0 aliphatic heterocycles. The number of aliphatic imine (C=N–C) groups is 1. The molecule has 1 heterocycles. The van der Waals surface area contributed by atoms with Crippen LogP contribution in [0.4, 0.5) is 5.69 Å². The minimum absolute atomic E-state index is 0.155. The third-order valence-electron chi connectivity index (χ3n) is 3.85. The minimum atomic E-state index is -0.343. The highest BCUT2D eigenvalue weighted by Gasteiger charge is 2.18. The molecule has 0 radical (unpaired) electrons. The van der Waals surface area contributed by atoms with Crippen molar-refractivity contribution in [2.45, 2.75) is 40.8 Å².